The zero-order valence-corrected chi connectivity index (χ0v) is 11.2. The Morgan fingerprint density at radius 2 is 2.07 bits per heavy atom. The van der Waals surface area contributed by atoms with Gasteiger partial charge in [0.2, 0.25) is 0 Å². The van der Waals surface area contributed by atoms with E-state index in [1.807, 2.05) is 18.2 Å². The lowest BCUT2D eigenvalue weighted by atomic mass is 10.2. The van der Waals surface area contributed by atoms with Gasteiger partial charge >= 0.3 is 5.97 Å². The lowest BCUT2D eigenvalue weighted by Gasteiger charge is -2.09. The van der Waals surface area contributed by atoms with Crippen molar-refractivity contribution in [2.45, 2.75) is 10.5 Å². The second-order valence-corrected chi connectivity index (χ2v) is 4.84. The number of halogens is 2. The van der Waals surface area contributed by atoms with Crippen LogP contribution in [0.4, 0.5) is 0 Å². The lowest BCUT2D eigenvalue weighted by molar-refractivity contribution is 0.0479. The quantitative estimate of drug-likeness (QED) is 0.462. The van der Waals surface area contributed by atoms with Gasteiger partial charge in [0, 0.05) is 11.8 Å². The van der Waals surface area contributed by atoms with E-state index in [1.165, 1.54) is 0 Å². The molecule has 1 unspecified atom stereocenters. The number of carbonyl (C=O) groups is 1. The van der Waals surface area contributed by atoms with Crippen molar-refractivity contribution >= 4 is 44.5 Å². The third kappa shape index (κ3) is 3.96. The molecule has 14 heavy (non-hydrogen) atoms. The number of carbonyl (C=O) groups excluding carboxylic acids is 1. The highest BCUT2D eigenvalue weighted by Gasteiger charge is 2.11. The zero-order valence-electron chi connectivity index (χ0n) is 7.45. The van der Waals surface area contributed by atoms with Crippen LogP contribution < -0.4 is 0 Å². The Morgan fingerprint density at radius 1 is 1.43 bits per heavy atom. The Hall–Kier alpha value is -0.100. The molecule has 0 radical (unpaired) electrons. The third-order valence-electron chi connectivity index (χ3n) is 1.58. The first-order valence-corrected chi connectivity index (χ1v) is 6.57. The fraction of sp³-hybridized carbons (Fsp3) is 0.300. The standard InChI is InChI=1S/C10H10BrIO2/c11-7-6-9(12)14-10(13)8-4-2-1-3-5-8/h1-5,9H,6-7H2. The first kappa shape index (κ1) is 12.0. The summed E-state index contributed by atoms with van der Waals surface area (Å²) in [7, 11) is 0. The SMILES string of the molecule is O=C(OC(I)CCBr)c1ccccc1. The average molecular weight is 369 g/mol. The summed E-state index contributed by atoms with van der Waals surface area (Å²) in [4.78, 5) is 11.5. The van der Waals surface area contributed by atoms with Crippen LogP contribution in [0.15, 0.2) is 30.3 Å². The topological polar surface area (TPSA) is 26.3 Å². The molecule has 0 saturated carbocycles. The first-order chi connectivity index (χ1) is 6.74. The van der Waals surface area contributed by atoms with E-state index in [2.05, 4.69) is 38.5 Å². The lowest BCUT2D eigenvalue weighted by Crippen LogP contribution is -2.12. The van der Waals surface area contributed by atoms with Crippen molar-refractivity contribution < 1.29 is 9.53 Å². The largest absolute Gasteiger partial charge is 0.448 e. The highest BCUT2D eigenvalue weighted by molar-refractivity contribution is 14.1. The molecule has 0 N–H and O–H groups in total. The first-order valence-electron chi connectivity index (χ1n) is 4.20. The van der Waals surface area contributed by atoms with Gasteiger partial charge in [0.25, 0.3) is 0 Å². The second kappa shape index (κ2) is 6.40. The van der Waals surface area contributed by atoms with Crippen molar-refractivity contribution in [2.75, 3.05) is 5.33 Å². The minimum absolute atomic E-state index is 0.0697. The number of hydrogen-bond donors (Lipinski definition) is 0. The van der Waals surface area contributed by atoms with Crippen LogP contribution >= 0.6 is 38.5 Å². The highest BCUT2D eigenvalue weighted by atomic mass is 127. The van der Waals surface area contributed by atoms with E-state index in [-0.39, 0.29) is 10.1 Å². The Bertz CT molecular complexity index is 289. The van der Waals surface area contributed by atoms with Crippen molar-refractivity contribution in [3.63, 3.8) is 0 Å². The molecule has 0 bridgehead atoms. The number of alkyl halides is 2. The van der Waals surface area contributed by atoms with Gasteiger partial charge in [0.05, 0.1) is 5.56 Å². The van der Waals surface area contributed by atoms with Crippen LogP contribution in [0.2, 0.25) is 0 Å². The summed E-state index contributed by atoms with van der Waals surface area (Å²) in [6, 6.07) is 9.02. The van der Waals surface area contributed by atoms with Crippen LogP contribution in [-0.2, 0) is 4.74 Å². The van der Waals surface area contributed by atoms with Gasteiger partial charge in [-0.05, 0) is 34.7 Å². The van der Waals surface area contributed by atoms with E-state index >= 15 is 0 Å². The molecular formula is C10H10BrIO2. The van der Waals surface area contributed by atoms with Gasteiger partial charge in [0.15, 0.2) is 4.11 Å². The molecule has 0 saturated heterocycles. The van der Waals surface area contributed by atoms with Crippen molar-refractivity contribution in [3.05, 3.63) is 35.9 Å². The molecule has 0 aliphatic carbocycles. The molecule has 0 aromatic heterocycles. The van der Waals surface area contributed by atoms with Crippen molar-refractivity contribution in [3.8, 4) is 0 Å². The van der Waals surface area contributed by atoms with Gasteiger partial charge in [-0.2, -0.15) is 0 Å². The molecular weight excluding hydrogens is 359 g/mol. The van der Waals surface area contributed by atoms with Crippen molar-refractivity contribution in [2.24, 2.45) is 0 Å². The smallest absolute Gasteiger partial charge is 0.339 e. The van der Waals surface area contributed by atoms with E-state index in [0.717, 1.165) is 11.8 Å². The zero-order chi connectivity index (χ0) is 10.4. The second-order valence-electron chi connectivity index (χ2n) is 2.66. The molecule has 1 rings (SSSR count). The van der Waals surface area contributed by atoms with Crippen LogP contribution in [-0.4, -0.2) is 15.4 Å². The maximum atomic E-state index is 11.5. The van der Waals surface area contributed by atoms with Crippen LogP contribution in [0.1, 0.15) is 16.8 Å². The average Bonchev–Trinajstić information content (AvgIpc) is 2.19. The van der Waals surface area contributed by atoms with E-state index < -0.39 is 0 Å². The third-order valence-corrected chi connectivity index (χ3v) is 2.92. The Morgan fingerprint density at radius 3 is 2.64 bits per heavy atom. The van der Waals surface area contributed by atoms with Gasteiger partial charge < -0.3 is 4.74 Å². The predicted molar refractivity (Wildman–Crippen MR) is 68.1 cm³/mol. The Kier molecular flexibility index (Phi) is 5.47. The van der Waals surface area contributed by atoms with E-state index in [4.69, 9.17) is 4.74 Å². The van der Waals surface area contributed by atoms with Crippen LogP contribution in [0.3, 0.4) is 0 Å². The molecule has 1 aromatic carbocycles. The maximum absolute atomic E-state index is 11.5. The van der Waals surface area contributed by atoms with Gasteiger partial charge in [-0.1, -0.05) is 34.1 Å². The fourth-order valence-electron chi connectivity index (χ4n) is 0.903. The molecule has 1 aromatic rings. The van der Waals surface area contributed by atoms with E-state index in [9.17, 15) is 4.79 Å². The molecule has 2 nitrogen and oxygen atoms in total. The fourth-order valence-corrected chi connectivity index (χ4v) is 2.72. The number of rotatable bonds is 4. The molecule has 0 aliphatic heterocycles. The van der Waals surface area contributed by atoms with Crippen LogP contribution in [0, 0.1) is 0 Å². The molecule has 4 heteroatoms. The molecule has 0 fully saturated rings. The van der Waals surface area contributed by atoms with E-state index in [0.29, 0.717) is 5.56 Å². The minimum Gasteiger partial charge on any atom is -0.448 e. The van der Waals surface area contributed by atoms with Gasteiger partial charge in [-0.25, -0.2) is 4.79 Å². The normalized spacial score (nSPS) is 12.1. The molecule has 0 amide bonds. The van der Waals surface area contributed by atoms with Gasteiger partial charge in [-0.15, -0.1) is 0 Å². The van der Waals surface area contributed by atoms with Crippen LogP contribution in [0.25, 0.3) is 0 Å². The summed E-state index contributed by atoms with van der Waals surface area (Å²) in [5.74, 6) is -0.258. The Balaban J connectivity index is 2.51. The number of benzene rings is 1. The molecule has 0 aliphatic rings. The minimum atomic E-state index is -0.258. The van der Waals surface area contributed by atoms with Crippen LogP contribution in [0.5, 0.6) is 0 Å². The monoisotopic (exact) mass is 368 g/mol. The summed E-state index contributed by atoms with van der Waals surface area (Å²) in [5, 5.41) is 0.836. The van der Waals surface area contributed by atoms with Crippen molar-refractivity contribution in [1.82, 2.24) is 0 Å². The predicted octanol–water partition coefficient (Wildman–Crippen LogP) is 3.39. The number of ether oxygens (including phenoxy) is 1. The number of hydrogen-bond acceptors (Lipinski definition) is 2. The van der Waals surface area contributed by atoms with Gasteiger partial charge in [-0.3, -0.25) is 0 Å². The maximum Gasteiger partial charge on any atom is 0.339 e. The summed E-state index contributed by atoms with van der Waals surface area (Å²) in [6.45, 7) is 0. The Labute approximate surface area is 105 Å². The van der Waals surface area contributed by atoms with Crippen molar-refractivity contribution in [1.29, 1.82) is 0 Å². The summed E-state index contributed by atoms with van der Waals surface area (Å²) < 4.78 is 5.12. The molecule has 1 atom stereocenters. The molecule has 0 heterocycles. The summed E-state index contributed by atoms with van der Waals surface area (Å²) in [6.07, 6.45) is 0.819. The summed E-state index contributed by atoms with van der Waals surface area (Å²) in [5.41, 5.74) is 0.601. The molecule has 76 valence electrons. The molecule has 0 spiro atoms. The van der Waals surface area contributed by atoms with Gasteiger partial charge in [0.1, 0.15) is 0 Å². The van der Waals surface area contributed by atoms with E-state index in [1.54, 1.807) is 12.1 Å². The highest BCUT2D eigenvalue weighted by Crippen LogP contribution is 2.12. The summed E-state index contributed by atoms with van der Waals surface area (Å²) >= 11 is 5.41. The number of esters is 1.